The third-order valence-electron chi connectivity index (χ3n) is 1.72. The molecule has 0 rings (SSSR count). The largest absolute Gasteiger partial charge is 0.394 e. The fourth-order valence-corrected chi connectivity index (χ4v) is 0.899. The van der Waals surface area contributed by atoms with Crippen molar-refractivity contribution in [3.63, 3.8) is 0 Å². The summed E-state index contributed by atoms with van der Waals surface area (Å²) in [6, 6.07) is -1.15. The van der Waals surface area contributed by atoms with Crippen molar-refractivity contribution >= 4 is 5.91 Å². The first-order chi connectivity index (χ1) is 6.15. The molecule has 0 radical (unpaired) electrons. The molecule has 0 aromatic carbocycles. The van der Waals surface area contributed by atoms with Crippen LogP contribution in [0.1, 0.15) is 19.8 Å². The van der Waals surface area contributed by atoms with Crippen molar-refractivity contribution < 1.29 is 15.0 Å². The third-order valence-corrected chi connectivity index (χ3v) is 1.72. The zero-order chi connectivity index (χ0) is 10.3. The van der Waals surface area contributed by atoms with E-state index in [4.69, 9.17) is 15.9 Å². The van der Waals surface area contributed by atoms with Crippen LogP contribution in [-0.2, 0) is 4.79 Å². The van der Waals surface area contributed by atoms with E-state index in [1.165, 1.54) is 0 Å². The Balaban J connectivity index is 3.83. The minimum absolute atomic E-state index is 0.277. The first-order valence-corrected chi connectivity index (χ1v) is 4.43. The molecule has 0 aromatic rings. The molecule has 0 bridgehead atoms. The van der Waals surface area contributed by atoms with E-state index in [0.717, 1.165) is 6.42 Å². The van der Waals surface area contributed by atoms with Gasteiger partial charge < -0.3 is 21.3 Å². The number of rotatable bonds is 6. The standard InChI is InChI=1S/C8H18N2O3/c1-2-3-7(9)8(13)10-6(4-11)5-12/h6-7,11-12H,2-5,9H2,1H3,(H,10,13). The average Bonchev–Trinajstić information content (AvgIpc) is 2.14. The monoisotopic (exact) mass is 190 g/mol. The van der Waals surface area contributed by atoms with Crippen LogP contribution in [0.25, 0.3) is 0 Å². The topological polar surface area (TPSA) is 95.6 Å². The van der Waals surface area contributed by atoms with Crippen LogP contribution in [0, 0.1) is 0 Å². The fraction of sp³-hybridized carbons (Fsp3) is 0.875. The van der Waals surface area contributed by atoms with Crippen molar-refractivity contribution in [3.8, 4) is 0 Å². The molecule has 0 aromatic heterocycles. The molecule has 13 heavy (non-hydrogen) atoms. The maximum Gasteiger partial charge on any atom is 0.237 e. The van der Waals surface area contributed by atoms with Crippen LogP contribution in [0.15, 0.2) is 0 Å². The molecule has 0 aliphatic heterocycles. The first kappa shape index (κ1) is 12.3. The van der Waals surface area contributed by atoms with Crippen LogP contribution < -0.4 is 11.1 Å². The van der Waals surface area contributed by atoms with Crippen molar-refractivity contribution in [2.75, 3.05) is 13.2 Å². The second kappa shape index (κ2) is 6.82. The predicted molar refractivity (Wildman–Crippen MR) is 49.0 cm³/mol. The summed E-state index contributed by atoms with van der Waals surface area (Å²) in [7, 11) is 0. The van der Waals surface area contributed by atoms with Gasteiger partial charge in [0.05, 0.1) is 25.3 Å². The summed E-state index contributed by atoms with van der Waals surface area (Å²) in [6.45, 7) is 1.38. The maximum atomic E-state index is 11.2. The Kier molecular flexibility index (Phi) is 6.48. The van der Waals surface area contributed by atoms with Gasteiger partial charge in [0.25, 0.3) is 0 Å². The van der Waals surface area contributed by atoms with Crippen molar-refractivity contribution in [1.82, 2.24) is 5.32 Å². The molecule has 1 atom stereocenters. The van der Waals surface area contributed by atoms with E-state index in [1.807, 2.05) is 6.92 Å². The Morgan fingerprint density at radius 2 is 2.00 bits per heavy atom. The van der Waals surface area contributed by atoms with Gasteiger partial charge in [-0.1, -0.05) is 13.3 Å². The smallest absolute Gasteiger partial charge is 0.237 e. The number of nitrogens with one attached hydrogen (secondary N) is 1. The van der Waals surface area contributed by atoms with E-state index < -0.39 is 12.1 Å². The van der Waals surface area contributed by atoms with Gasteiger partial charge in [-0.25, -0.2) is 0 Å². The molecule has 0 saturated heterocycles. The Hall–Kier alpha value is -0.650. The molecular formula is C8H18N2O3. The second-order valence-electron chi connectivity index (χ2n) is 2.97. The lowest BCUT2D eigenvalue weighted by Gasteiger charge is -2.16. The number of nitrogens with two attached hydrogens (primary N) is 1. The molecule has 0 spiro atoms. The molecule has 1 unspecified atom stereocenters. The summed E-state index contributed by atoms with van der Waals surface area (Å²) in [6.07, 6.45) is 1.44. The zero-order valence-electron chi connectivity index (χ0n) is 7.86. The van der Waals surface area contributed by atoms with E-state index in [2.05, 4.69) is 5.32 Å². The Bertz CT molecular complexity index is 148. The molecule has 0 aliphatic carbocycles. The highest BCUT2D eigenvalue weighted by molar-refractivity contribution is 5.81. The highest BCUT2D eigenvalue weighted by Gasteiger charge is 2.15. The summed E-state index contributed by atoms with van der Waals surface area (Å²) in [5, 5.41) is 19.8. The highest BCUT2D eigenvalue weighted by Crippen LogP contribution is 1.93. The Labute approximate surface area is 77.9 Å². The molecule has 0 aliphatic rings. The quantitative estimate of drug-likeness (QED) is 0.413. The molecule has 0 fully saturated rings. The van der Waals surface area contributed by atoms with Gasteiger partial charge in [0.1, 0.15) is 0 Å². The lowest BCUT2D eigenvalue weighted by Crippen LogP contribution is -2.48. The van der Waals surface area contributed by atoms with Gasteiger partial charge >= 0.3 is 0 Å². The van der Waals surface area contributed by atoms with Crippen LogP contribution in [0.5, 0.6) is 0 Å². The van der Waals surface area contributed by atoms with Gasteiger partial charge in [0, 0.05) is 0 Å². The number of amides is 1. The van der Waals surface area contributed by atoms with E-state index in [9.17, 15) is 4.79 Å². The van der Waals surface area contributed by atoms with Gasteiger partial charge in [-0.15, -0.1) is 0 Å². The number of aliphatic hydroxyl groups excluding tert-OH is 2. The summed E-state index contributed by atoms with van der Waals surface area (Å²) in [4.78, 5) is 11.2. The van der Waals surface area contributed by atoms with Crippen LogP contribution >= 0.6 is 0 Å². The molecule has 0 heterocycles. The predicted octanol–water partition coefficient (Wildman–Crippen LogP) is -1.42. The average molecular weight is 190 g/mol. The van der Waals surface area contributed by atoms with Gasteiger partial charge in [-0.05, 0) is 6.42 Å². The number of aliphatic hydroxyl groups is 2. The summed E-state index contributed by atoms with van der Waals surface area (Å²) in [5.41, 5.74) is 5.51. The molecule has 1 amide bonds. The Morgan fingerprint density at radius 1 is 1.46 bits per heavy atom. The van der Waals surface area contributed by atoms with Gasteiger partial charge in [-0.3, -0.25) is 4.79 Å². The summed E-state index contributed by atoms with van der Waals surface area (Å²) >= 11 is 0. The minimum atomic E-state index is -0.601. The van der Waals surface area contributed by atoms with Gasteiger partial charge in [0.2, 0.25) is 5.91 Å². The zero-order valence-corrected chi connectivity index (χ0v) is 7.86. The third kappa shape index (κ3) is 4.82. The van der Waals surface area contributed by atoms with Crippen molar-refractivity contribution in [1.29, 1.82) is 0 Å². The fourth-order valence-electron chi connectivity index (χ4n) is 0.899. The van der Waals surface area contributed by atoms with Crippen molar-refractivity contribution in [2.45, 2.75) is 31.8 Å². The molecule has 78 valence electrons. The van der Waals surface area contributed by atoms with Crippen molar-refractivity contribution in [2.24, 2.45) is 5.73 Å². The van der Waals surface area contributed by atoms with Crippen molar-refractivity contribution in [3.05, 3.63) is 0 Å². The van der Waals surface area contributed by atoms with E-state index >= 15 is 0 Å². The normalized spacial score (nSPS) is 13.0. The minimum Gasteiger partial charge on any atom is -0.394 e. The molecule has 5 heteroatoms. The van der Waals surface area contributed by atoms with E-state index in [-0.39, 0.29) is 19.1 Å². The lowest BCUT2D eigenvalue weighted by molar-refractivity contribution is -0.123. The number of hydrogen-bond donors (Lipinski definition) is 4. The SMILES string of the molecule is CCCC(N)C(=O)NC(CO)CO. The Morgan fingerprint density at radius 3 is 2.38 bits per heavy atom. The summed E-state index contributed by atoms with van der Waals surface area (Å²) < 4.78 is 0. The summed E-state index contributed by atoms with van der Waals surface area (Å²) in [5.74, 6) is -0.324. The van der Waals surface area contributed by atoms with Crippen LogP contribution in [-0.4, -0.2) is 41.4 Å². The number of carbonyl (C=O) groups excluding carboxylic acids is 1. The van der Waals surface area contributed by atoms with Crippen LogP contribution in [0.3, 0.4) is 0 Å². The second-order valence-corrected chi connectivity index (χ2v) is 2.97. The number of carbonyl (C=O) groups is 1. The molecule has 5 nitrogen and oxygen atoms in total. The maximum absolute atomic E-state index is 11.2. The lowest BCUT2D eigenvalue weighted by atomic mass is 10.1. The van der Waals surface area contributed by atoms with Gasteiger partial charge in [0.15, 0.2) is 0 Å². The van der Waals surface area contributed by atoms with Crippen LogP contribution in [0.4, 0.5) is 0 Å². The van der Waals surface area contributed by atoms with E-state index in [0.29, 0.717) is 6.42 Å². The molecule has 5 N–H and O–H groups in total. The highest BCUT2D eigenvalue weighted by atomic mass is 16.3. The van der Waals surface area contributed by atoms with Crippen LogP contribution in [0.2, 0.25) is 0 Å². The molecule has 0 saturated carbocycles. The van der Waals surface area contributed by atoms with Gasteiger partial charge in [-0.2, -0.15) is 0 Å². The first-order valence-electron chi connectivity index (χ1n) is 4.43. The molecular weight excluding hydrogens is 172 g/mol. The van der Waals surface area contributed by atoms with E-state index in [1.54, 1.807) is 0 Å². The number of hydrogen-bond acceptors (Lipinski definition) is 4.